The van der Waals surface area contributed by atoms with Crippen molar-refractivity contribution in [1.29, 1.82) is 0 Å². The number of ether oxygens (including phenoxy) is 1. The van der Waals surface area contributed by atoms with Crippen molar-refractivity contribution < 1.29 is 23.4 Å². The van der Waals surface area contributed by atoms with Gasteiger partial charge in [-0.05, 0) is 29.7 Å². The van der Waals surface area contributed by atoms with Gasteiger partial charge < -0.3 is 9.84 Å². The highest BCUT2D eigenvalue weighted by molar-refractivity contribution is 7.98. The molecular weight excluding hydrogens is 464 g/mol. The van der Waals surface area contributed by atoms with E-state index in [2.05, 4.69) is 0 Å². The van der Waals surface area contributed by atoms with Crippen molar-refractivity contribution in [3.8, 4) is 5.75 Å². The molecule has 1 amide bonds. The highest BCUT2D eigenvalue weighted by atomic mass is 32.2. The number of carbonyl (C=O) groups excluding carboxylic acids is 1. The van der Waals surface area contributed by atoms with E-state index in [-0.39, 0.29) is 17.0 Å². The smallest absolute Gasteiger partial charge is 0.279 e. The molecule has 1 aromatic heterocycles. The van der Waals surface area contributed by atoms with E-state index in [9.17, 15) is 19.1 Å². The zero-order valence-corrected chi connectivity index (χ0v) is 18.6. The minimum absolute atomic E-state index is 0.187. The van der Waals surface area contributed by atoms with Crippen molar-refractivity contribution in [1.82, 2.24) is 9.58 Å². The first-order chi connectivity index (χ1) is 16.5. The van der Waals surface area contributed by atoms with Crippen LogP contribution in [0, 0.1) is 11.6 Å². The lowest BCUT2D eigenvalue weighted by Crippen LogP contribution is -2.65. The lowest BCUT2D eigenvalue weighted by molar-refractivity contribution is -0.0998. The van der Waals surface area contributed by atoms with Crippen molar-refractivity contribution in [3.63, 3.8) is 0 Å². The van der Waals surface area contributed by atoms with Crippen molar-refractivity contribution in [2.24, 2.45) is 0 Å². The van der Waals surface area contributed by atoms with E-state index in [0.717, 1.165) is 16.5 Å². The molecule has 3 aliphatic heterocycles. The van der Waals surface area contributed by atoms with Crippen LogP contribution in [0.2, 0.25) is 0 Å². The van der Waals surface area contributed by atoms with Crippen LogP contribution in [0.4, 0.5) is 8.78 Å². The Morgan fingerprint density at radius 1 is 1.06 bits per heavy atom. The number of rotatable bonds is 1. The topological polar surface area (TPSA) is 75.0 Å². The number of hydrogen-bond donors (Lipinski definition) is 1. The van der Waals surface area contributed by atoms with E-state index in [4.69, 9.17) is 4.74 Å². The molecule has 0 saturated carbocycles. The van der Waals surface area contributed by atoms with E-state index in [1.807, 2.05) is 24.3 Å². The second-order valence-corrected chi connectivity index (χ2v) is 9.33. The van der Waals surface area contributed by atoms with Crippen molar-refractivity contribution >= 4 is 17.7 Å². The highest BCUT2D eigenvalue weighted by Gasteiger charge is 2.46. The summed E-state index contributed by atoms with van der Waals surface area (Å²) in [5.74, 6) is -2.83. The Morgan fingerprint density at radius 2 is 1.88 bits per heavy atom. The number of nitrogens with zero attached hydrogens (tertiary/aromatic N) is 3. The molecule has 2 atom stereocenters. The first kappa shape index (κ1) is 21.2. The number of fused-ring (bicyclic) bond motifs is 4. The van der Waals surface area contributed by atoms with Crippen LogP contribution in [0.5, 0.6) is 5.75 Å². The Kier molecular flexibility index (Phi) is 4.89. The number of carbonyl (C=O) groups is 1. The van der Waals surface area contributed by atoms with Gasteiger partial charge in [-0.15, -0.1) is 11.8 Å². The molecule has 4 heterocycles. The summed E-state index contributed by atoms with van der Waals surface area (Å²) in [5.41, 5.74) is 0.681. The van der Waals surface area contributed by atoms with Crippen LogP contribution in [0.1, 0.15) is 39.6 Å². The van der Waals surface area contributed by atoms with Crippen LogP contribution in [0.25, 0.3) is 0 Å². The third kappa shape index (κ3) is 2.98. The molecule has 0 bridgehead atoms. The minimum atomic E-state index is -0.935. The summed E-state index contributed by atoms with van der Waals surface area (Å²) in [5, 5.41) is 12.3. The third-order valence-corrected chi connectivity index (χ3v) is 7.56. The largest absolute Gasteiger partial charge is 0.502 e. The molecule has 0 unspecified atom stereocenters. The van der Waals surface area contributed by atoms with Gasteiger partial charge in [0, 0.05) is 35.0 Å². The Balaban J connectivity index is 1.67. The maximum absolute atomic E-state index is 15.0. The number of pyridine rings is 1. The van der Waals surface area contributed by atoms with E-state index >= 15 is 4.39 Å². The molecule has 10 heteroatoms. The normalized spacial score (nSPS) is 21.3. The number of hydrogen-bond acceptors (Lipinski definition) is 6. The van der Waals surface area contributed by atoms with E-state index in [1.165, 1.54) is 33.6 Å². The fraction of sp³-hybridized carbons (Fsp3) is 0.250. The number of amides is 1. The van der Waals surface area contributed by atoms with Gasteiger partial charge >= 0.3 is 0 Å². The summed E-state index contributed by atoms with van der Waals surface area (Å²) >= 11 is 1.40. The van der Waals surface area contributed by atoms with Gasteiger partial charge in [-0.2, -0.15) is 0 Å². The monoisotopic (exact) mass is 483 g/mol. The molecule has 1 N–H and O–H groups in total. The zero-order chi connectivity index (χ0) is 23.6. The Hall–Kier alpha value is -3.37. The SMILES string of the molecule is O=C1c2c(O)c(=O)ccn2N([C@@H]2c3ccccc3SCc3c2ccc(F)c3F)[C@@H]2OCCCN12. The number of benzene rings is 2. The average Bonchev–Trinajstić information content (AvgIpc) is 3.01. The summed E-state index contributed by atoms with van der Waals surface area (Å²) in [7, 11) is 0. The molecular formula is C24H19F2N3O4S. The van der Waals surface area contributed by atoms with Gasteiger partial charge in [0.1, 0.15) is 6.04 Å². The fourth-order valence-corrected chi connectivity index (χ4v) is 6.01. The molecule has 7 nitrogen and oxygen atoms in total. The average molecular weight is 483 g/mol. The molecule has 6 rings (SSSR count). The summed E-state index contributed by atoms with van der Waals surface area (Å²) in [6.45, 7) is 0.747. The number of aromatic nitrogens is 1. The first-order valence-electron chi connectivity index (χ1n) is 10.8. The van der Waals surface area contributed by atoms with Gasteiger partial charge in [-0.3, -0.25) is 24.2 Å². The van der Waals surface area contributed by atoms with E-state index in [1.54, 1.807) is 11.1 Å². The van der Waals surface area contributed by atoms with Gasteiger partial charge in [-0.1, -0.05) is 24.3 Å². The molecule has 2 aromatic carbocycles. The minimum Gasteiger partial charge on any atom is -0.502 e. The molecule has 174 valence electrons. The molecule has 3 aromatic rings. The Labute approximate surface area is 197 Å². The van der Waals surface area contributed by atoms with Crippen molar-refractivity contribution in [3.05, 3.63) is 92.9 Å². The molecule has 0 spiro atoms. The highest BCUT2D eigenvalue weighted by Crippen LogP contribution is 2.45. The van der Waals surface area contributed by atoms with Crippen LogP contribution in [-0.2, 0) is 10.5 Å². The Morgan fingerprint density at radius 3 is 2.74 bits per heavy atom. The standard InChI is InChI=1S/C24H19F2N3O4S/c25-16-7-6-13-15(19(16)26)12-34-18-5-2-1-4-14(18)20(13)29-24-27(9-3-11-33-24)23(32)21-22(31)17(30)8-10-28(21)29/h1-2,4-8,10,20,24,31H,3,9,11-12H2/t20-,24+/m0/s1. The number of thioether (sulfide) groups is 1. The van der Waals surface area contributed by atoms with E-state index in [0.29, 0.717) is 25.1 Å². The van der Waals surface area contributed by atoms with Gasteiger partial charge in [0.25, 0.3) is 5.91 Å². The second kappa shape index (κ2) is 7.85. The lowest BCUT2D eigenvalue weighted by atomic mass is 9.93. The quantitative estimate of drug-likeness (QED) is 0.573. The third-order valence-electron chi connectivity index (χ3n) is 6.45. The first-order valence-corrected chi connectivity index (χ1v) is 11.8. The number of halogens is 2. The summed E-state index contributed by atoms with van der Waals surface area (Å²) in [6.07, 6.45) is 1.12. The van der Waals surface area contributed by atoms with Gasteiger partial charge in [0.2, 0.25) is 11.8 Å². The summed E-state index contributed by atoms with van der Waals surface area (Å²) in [4.78, 5) is 27.9. The van der Waals surface area contributed by atoms with Crippen LogP contribution in [0.15, 0.2) is 58.4 Å². The predicted octanol–water partition coefficient (Wildman–Crippen LogP) is 3.33. The maximum Gasteiger partial charge on any atom is 0.279 e. The van der Waals surface area contributed by atoms with Crippen molar-refractivity contribution in [2.45, 2.75) is 29.5 Å². The van der Waals surface area contributed by atoms with Crippen LogP contribution in [-0.4, -0.2) is 40.1 Å². The Bertz CT molecular complexity index is 1400. The van der Waals surface area contributed by atoms with Crippen LogP contribution < -0.4 is 10.4 Å². The molecule has 3 aliphatic rings. The molecule has 0 radical (unpaired) electrons. The van der Waals surface area contributed by atoms with Gasteiger partial charge in [0.05, 0.1) is 6.61 Å². The molecule has 34 heavy (non-hydrogen) atoms. The van der Waals surface area contributed by atoms with Gasteiger partial charge in [0.15, 0.2) is 23.1 Å². The van der Waals surface area contributed by atoms with Crippen LogP contribution in [0.3, 0.4) is 0 Å². The fourth-order valence-electron chi connectivity index (χ4n) is 4.90. The summed E-state index contributed by atoms with van der Waals surface area (Å²) in [6, 6.07) is 10.6. The molecule has 0 aliphatic carbocycles. The van der Waals surface area contributed by atoms with Crippen molar-refractivity contribution in [2.75, 3.05) is 18.2 Å². The molecule has 1 fully saturated rings. The second-order valence-electron chi connectivity index (χ2n) is 8.31. The molecule has 1 saturated heterocycles. The van der Waals surface area contributed by atoms with Gasteiger partial charge in [-0.25, -0.2) is 8.78 Å². The van der Waals surface area contributed by atoms with E-state index < -0.39 is 41.1 Å². The zero-order valence-electron chi connectivity index (χ0n) is 17.8. The lowest BCUT2D eigenvalue weighted by Gasteiger charge is -2.50. The maximum atomic E-state index is 15.0. The predicted molar refractivity (Wildman–Crippen MR) is 120 cm³/mol. The summed E-state index contributed by atoms with van der Waals surface area (Å²) < 4.78 is 36.7. The number of aromatic hydroxyl groups is 1. The van der Waals surface area contributed by atoms with Crippen LogP contribution >= 0.6 is 11.8 Å².